The number of hydrogen-bond donors (Lipinski definition) is 1. The highest BCUT2D eigenvalue weighted by atomic mass is 32.1. The van der Waals surface area contributed by atoms with E-state index in [0.717, 1.165) is 27.3 Å². The molecule has 4 rings (SSSR count). The van der Waals surface area contributed by atoms with Crippen LogP contribution in [0.1, 0.15) is 47.0 Å². The van der Waals surface area contributed by atoms with Crippen LogP contribution in [0.5, 0.6) is 5.75 Å². The van der Waals surface area contributed by atoms with Crippen LogP contribution in [0.15, 0.2) is 65.6 Å². The van der Waals surface area contributed by atoms with Crippen LogP contribution in [0.2, 0.25) is 0 Å². The maximum atomic E-state index is 13.2. The number of ketones is 1. The minimum Gasteiger partial charge on any atom is -0.507 e. The number of aliphatic hydroxyl groups is 1. The summed E-state index contributed by atoms with van der Waals surface area (Å²) in [6.45, 7) is 8.06. The van der Waals surface area contributed by atoms with Gasteiger partial charge >= 0.3 is 0 Å². The van der Waals surface area contributed by atoms with E-state index in [2.05, 4.69) is 0 Å². The smallest absolute Gasteiger partial charge is 0.295 e. The van der Waals surface area contributed by atoms with E-state index in [4.69, 9.17) is 4.74 Å². The van der Waals surface area contributed by atoms with Gasteiger partial charge in [0.2, 0.25) is 0 Å². The fraction of sp³-hybridized carbons (Fsp3) is 0.259. The van der Waals surface area contributed by atoms with Gasteiger partial charge in [0, 0.05) is 10.4 Å². The van der Waals surface area contributed by atoms with Crippen LogP contribution in [0.3, 0.4) is 0 Å². The summed E-state index contributed by atoms with van der Waals surface area (Å²) < 4.78 is 5.80. The SMILES string of the molecule is Cc1cccc(C2/C(=C(/O)c3ccc(OC(C)C)c(C)c3)C(=O)C(=O)N2Cc2cccs2)c1. The summed E-state index contributed by atoms with van der Waals surface area (Å²) in [5, 5.41) is 13.2. The number of benzene rings is 2. The number of carbonyl (C=O) groups excluding carboxylic acids is 2. The lowest BCUT2D eigenvalue weighted by atomic mass is 9.94. The quantitative estimate of drug-likeness (QED) is 0.287. The monoisotopic (exact) mass is 461 g/mol. The first kappa shape index (κ1) is 22.8. The number of amides is 1. The third-order valence-electron chi connectivity index (χ3n) is 5.62. The van der Waals surface area contributed by atoms with Gasteiger partial charge in [-0.2, -0.15) is 0 Å². The Morgan fingerprint density at radius 3 is 2.52 bits per heavy atom. The molecule has 1 atom stereocenters. The van der Waals surface area contributed by atoms with Gasteiger partial charge in [0.25, 0.3) is 11.7 Å². The summed E-state index contributed by atoms with van der Waals surface area (Å²) in [5.74, 6) is -0.730. The lowest BCUT2D eigenvalue weighted by Gasteiger charge is -2.25. The number of nitrogens with zero attached hydrogens (tertiary/aromatic N) is 1. The van der Waals surface area contributed by atoms with Crippen LogP contribution in [0.4, 0.5) is 0 Å². The van der Waals surface area contributed by atoms with Gasteiger partial charge in [0.1, 0.15) is 11.5 Å². The van der Waals surface area contributed by atoms with Gasteiger partial charge in [-0.05, 0) is 68.5 Å². The predicted octanol–water partition coefficient (Wildman–Crippen LogP) is 5.77. The molecular weight excluding hydrogens is 434 g/mol. The number of rotatable bonds is 6. The second kappa shape index (κ2) is 9.24. The van der Waals surface area contributed by atoms with Gasteiger partial charge in [-0.25, -0.2) is 0 Å². The molecule has 1 aromatic heterocycles. The number of hydrogen-bond acceptors (Lipinski definition) is 5. The Labute approximate surface area is 197 Å². The molecule has 170 valence electrons. The predicted molar refractivity (Wildman–Crippen MR) is 130 cm³/mol. The summed E-state index contributed by atoms with van der Waals surface area (Å²) in [6.07, 6.45) is 0.0204. The molecule has 0 radical (unpaired) electrons. The molecule has 33 heavy (non-hydrogen) atoms. The fourth-order valence-electron chi connectivity index (χ4n) is 4.14. The fourth-order valence-corrected chi connectivity index (χ4v) is 4.84. The molecule has 1 saturated heterocycles. The number of aliphatic hydroxyl groups excluding tert-OH is 1. The molecule has 2 aromatic carbocycles. The summed E-state index contributed by atoms with van der Waals surface area (Å²) in [5.41, 5.74) is 3.24. The molecular formula is C27H27NO4S. The molecule has 2 heterocycles. The average molecular weight is 462 g/mol. The highest BCUT2D eigenvalue weighted by Crippen LogP contribution is 2.41. The van der Waals surface area contributed by atoms with E-state index >= 15 is 0 Å². The van der Waals surface area contributed by atoms with Crippen molar-refractivity contribution in [1.29, 1.82) is 0 Å². The molecule has 0 bridgehead atoms. The molecule has 0 spiro atoms. The number of thiophene rings is 1. The topological polar surface area (TPSA) is 66.8 Å². The van der Waals surface area contributed by atoms with Crippen molar-refractivity contribution in [2.24, 2.45) is 0 Å². The van der Waals surface area contributed by atoms with Crippen molar-refractivity contribution in [2.45, 2.75) is 46.4 Å². The van der Waals surface area contributed by atoms with E-state index in [-0.39, 0.29) is 17.4 Å². The Balaban J connectivity index is 1.83. The van der Waals surface area contributed by atoms with Gasteiger partial charge in [-0.1, -0.05) is 35.9 Å². The van der Waals surface area contributed by atoms with Crippen LogP contribution in [-0.4, -0.2) is 27.8 Å². The molecule has 1 amide bonds. The number of Topliss-reactive ketones (excluding diaryl/α,β-unsaturated/α-hetero) is 1. The third-order valence-corrected chi connectivity index (χ3v) is 6.48. The molecule has 1 aliphatic rings. The lowest BCUT2D eigenvalue weighted by Crippen LogP contribution is -2.28. The van der Waals surface area contributed by atoms with Gasteiger partial charge < -0.3 is 14.7 Å². The minimum atomic E-state index is -0.671. The van der Waals surface area contributed by atoms with Crippen molar-refractivity contribution in [3.05, 3.63) is 92.7 Å². The minimum absolute atomic E-state index is 0.0204. The van der Waals surface area contributed by atoms with Gasteiger partial charge in [0.15, 0.2) is 0 Å². The summed E-state index contributed by atoms with van der Waals surface area (Å²) >= 11 is 1.53. The first-order valence-corrected chi connectivity index (χ1v) is 11.8. The van der Waals surface area contributed by atoms with Gasteiger partial charge in [-0.3, -0.25) is 9.59 Å². The zero-order chi connectivity index (χ0) is 23.7. The largest absolute Gasteiger partial charge is 0.507 e. The Hall–Kier alpha value is -3.38. The van der Waals surface area contributed by atoms with Crippen LogP contribution < -0.4 is 4.74 Å². The van der Waals surface area contributed by atoms with Crippen LogP contribution in [0, 0.1) is 13.8 Å². The summed E-state index contributed by atoms with van der Waals surface area (Å²) in [6, 6.07) is 16.2. The maximum Gasteiger partial charge on any atom is 0.295 e. The first-order valence-electron chi connectivity index (χ1n) is 10.9. The summed E-state index contributed by atoms with van der Waals surface area (Å²) in [4.78, 5) is 28.8. The molecule has 1 fully saturated rings. The van der Waals surface area contributed by atoms with E-state index in [0.29, 0.717) is 12.1 Å². The number of ether oxygens (including phenoxy) is 1. The highest BCUT2D eigenvalue weighted by molar-refractivity contribution is 7.09. The van der Waals surface area contributed by atoms with E-state index in [1.165, 1.54) is 11.3 Å². The Morgan fingerprint density at radius 2 is 1.88 bits per heavy atom. The Bertz CT molecular complexity index is 1230. The highest BCUT2D eigenvalue weighted by Gasteiger charge is 2.46. The molecule has 0 saturated carbocycles. The van der Waals surface area contributed by atoms with Crippen LogP contribution in [0.25, 0.3) is 5.76 Å². The molecule has 1 aliphatic heterocycles. The van der Waals surface area contributed by atoms with E-state index in [1.54, 1.807) is 23.1 Å². The van der Waals surface area contributed by atoms with Crippen molar-refractivity contribution in [2.75, 3.05) is 0 Å². The standard InChI is InChI=1S/C27H27NO4S/c1-16(2)32-22-11-10-20(14-18(22)4)25(29)23-24(19-8-5-7-17(3)13-19)28(27(31)26(23)30)15-21-9-6-12-33-21/h5-14,16,24,29H,15H2,1-4H3/b25-23-. The normalized spacial score (nSPS) is 17.7. The lowest BCUT2D eigenvalue weighted by molar-refractivity contribution is -0.140. The molecule has 3 aromatic rings. The maximum absolute atomic E-state index is 13.2. The number of carbonyl (C=O) groups is 2. The van der Waals surface area contributed by atoms with Crippen molar-refractivity contribution in [1.82, 2.24) is 4.90 Å². The Kier molecular flexibility index (Phi) is 6.38. The molecule has 1 N–H and O–H groups in total. The number of aryl methyl sites for hydroxylation is 2. The third kappa shape index (κ3) is 4.57. The van der Waals surface area contributed by atoms with Gasteiger partial charge in [-0.15, -0.1) is 11.3 Å². The van der Waals surface area contributed by atoms with E-state index in [9.17, 15) is 14.7 Å². The second-order valence-electron chi connectivity index (χ2n) is 8.57. The van der Waals surface area contributed by atoms with Gasteiger partial charge in [0.05, 0.1) is 24.3 Å². The molecule has 5 nitrogen and oxygen atoms in total. The zero-order valence-electron chi connectivity index (χ0n) is 19.2. The zero-order valence-corrected chi connectivity index (χ0v) is 20.0. The van der Waals surface area contributed by atoms with Crippen molar-refractivity contribution in [3.8, 4) is 5.75 Å². The van der Waals surface area contributed by atoms with Crippen molar-refractivity contribution >= 4 is 28.8 Å². The molecule has 0 aliphatic carbocycles. The first-order chi connectivity index (χ1) is 15.8. The second-order valence-corrected chi connectivity index (χ2v) is 9.60. The molecule has 1 unspecified atom stereocenters. The average Bonchev–Trinajstić information content (AvgIpc) is 3.37. The summed E-state index contributed by atoms with van der Waals surface area (Å²) in [7, 11) is 0. The van der Waals surface area contributed by atoms with E-state index in [1.807, 2.05) is 69.5 Å². The van der Waals surface area contributed by atoms with E-state index < -0.39 is 17.7 Å². The number of likely N-dealkylation sites (tertiary alicyclic amines) is 1. The van der Waals surface area contributed by atoms with Crippen molar-refractivity contribution in [3.63, 3.8) is 0 Å². The van der Waals surface area contributed by atoms with Crippen LogP contribution >= 0.6 is 11.3 Å². The molecule has 6 heteroatoms. The van der Waals surface area contributed by atoms with Crippen LogP contribution in [-0.2, 0) is 16.1 Å². The van der Waals surface area contributed by atoms with Crippen molar-refractivity contribution < 1.29 is 19.4 Å². The Morgan fingerprint density at radius 1 is 1.09 bits per heavy atom.